The molecule has 1 aliphatic rings. The van der Waals surface area contributed by atoms with E-state index in [1.807, 2.05) is 0 Å². The molecular formula is C7H15NO. The molecule has 2 heteroatoms. The van der Waals surface area contributed by atoms with Gasteiger partial charge in [-0.2, -0.15) is 0 Å². The zero-order valence-corrected chi connectivity index (χ0v) is 5.88. The highest BCUT2D eigenvalue weighted by atomic mass is 16.3. The molecule has 0 aliphatic heterocycles. The smallest absolute Gasteiger partial charge is 0.0569 e. The second-order valence-corrected chi connectivity index (χ2v) is 3.00. The first-order valence-electron chi connectivity index (χ1n) is 3.64. The van der Waals surface area contributed by atoms with Crippen LogP contribution in [0.5, 0.6) is 0 Å². The molecule has 2 nitrogen and oxygen atoms in total. The van der Waals surface area contributed by atoms with Gasteiger partial charge in [0.2, 0.25) is 0 Å². The standard InChI is InChI=1S/C7H15NO/c1-5-6(4-8)2-3-7(5)9/h5-7,9H,2-4,8H2,1H3/t5-,6-,7+/m0/s1. The molecule has 1 saturated carbocycles. The Hall–Kier alpha value is -0.0800. The van der Waals surface area contributed by atoms with Crippen molar-refractivity contribution in [2.45, 2.75) is 25.9 Å². The van der Waals surface area contributed by atoms with E-state index in [0.29, 0.717) is 11.8 Å². The first kappa shape index (κ1) is 7.03. The quantitative estimate of drug-likeness (QED) is 0.536. The van der Waals surface area contributed by atoms with Crippen molar-refractivity contribution >= 4 is 0 Å². The lowest BCUT2D eigenvalue weighted by Gasteiger charge is -2.14. The fraction of sp³-hybridized carbons (Fsp3) is 1.00. The fourth-order valence-corrected chi connectivity index (χ4v) is 1.56. The lowest BCUT2D eigenvalue weighted by atomic mass is 9.97. The zero-order chi connectivity index (χ0) is 6.85. The molecule has 0 aromatic heterocycles. The van der Waals surface area contributed by atoms with Gasteiger partial charge < -0.3 is 10.8 Å². The Morgan fingerprint density at radius 2 is 2.22 bits per heavy atom. The van der Waals surface area contributed by atoms with Crippen LogP contribution in [0.4, 0.5) is 0 Å². The third kappa shape index (κ3) is 1.25. The minimum Gasteiger partial charge on any atom is -0.393 e. The SMILES string of the molecule is C[C@H]1[C@H](CN)CC[C@H]1O. The molecule has 0 saturated heterocycles. The molecule has 0 aromatic carbocycles. The highest BCUT2D eigenvalue weighted by Gasteiger charge is 2.29. The Morgan fingerprint density at radius 3 is 2.44 bits per heavy atom. The van der Waals surface area contributed by atoms with Crippen LogP contribution in [0.2, 0.25) is 0 Å². The average molecular weight is 129 g/mol. The van der Waals surface area contributed by atoms with Crippen LogP contribution in [0.25, 0.3) is 0 Å². The second kappa shape index (κ2) is 2.67. The normalized spacial score (nSPS) is 43.7. The van der Waals surface area contributed by atoms with E-state index in [1.165, 1.54) is 0 Å². The topological polar surface area (TPSA) is 46.2 Å². The van der Waals surface area contributed by atoms with E-state index >= 15 is 0 Å². The van der Waals surface area contributed by atoms with Gasteiger partial charge in [-0.1, -0.05) is 6.92 Å². The number of hydrogen-bond acceptors (Lipinski definition) is 2. The van der Waals surface area contributed by atoms with Gasteiger partial charge in [0, 0.05) is 0 Å². The van der Waals surface area contributed by atoms with E-state index in [0.717, 1.165) is 19.4 Å². The molecule has 0 heterocycles. The van der Waals surface area contributed by atoms with Crippen LogP contribution in [0.15, 0.2) is 0 Å². The van der Waals surface area contributed by atoms with E-state index in [-0.39, 0.29) is 6.10 Å². The van der Waals surface area contributed by atoms with Gasteiger partial charge in [-0.3, -0.25) is 0 Å². The molecule has 0 aromatic rings. The Balaban J connectivity index is 2.41. The molecule has 0 bridgehead atoms. The number of rotatable bonds is 1. The summed E-state index contributed by atoms with van der Waals surface area (Å²) in [5, 5.41) is 9.24. The predicted molar refractivity (Wildman–Crippen MR) is 36.9 cm³/mol. The highest BCUT2D eigenvalue weighted by Crippen LogP contribution is 2.30. The second-order valence-electron chi connectivity index (χ2n) is 3.00. The van der Waals surface area contributed by atoms with Gasteiger partial charge in [-0.25, -0.2) is 0 Å². The summed E-state index contributed by atoms with van der Waals surface area (Å²) in [4.78, 5) is 0. The first-order valence-corrected chi connectivity index (χ1v) is 3.64. The van der Waals surface area contributed by atoms with Crippen molar-refractivity contribution in [3.63, 3.8) is 0 Å². The van der Waals surface area contributed by atoms with Crippen LogP contribution in [-0.4, -0.2) is 17.8 Å². The van der Waals surface area contributed by atoms with E-state index in [4.69, 9.17) is 5.73 Å². The summed E-state index contributed by atoms with van der Waals surface area (Å²) in [6, 6.07) is 0. The van der Waals surface area contributed by atoms with Crippen molar-refractivity contribution in [3.8, 4) is 0 Å². The lowest BCUT2D eigenvalue weighted by molar-refractivity contribution is 0.128. The van der Waals surface area contributed by atoms with Crippen molar-refractivity contribution < 1.29 is 5.11 Å². The van der Waals surface area contributed by atoms with Crippen molar-refractivity contribution in [2.24, 2.45) is 17.6 Å². The molecule has 3 atom stereocenters. The number of hydrogen-bond donors (Lipinski definition) is 2. The summed E-state index contributed by atoms with van der Waals surface area (Å²) in [5.74, 6) is 0.995. The van der Waals surface area contributed by atoms with Crippen LogP contribution in [0.1, 0.15) is 19.8 Å². The maximum absolute atomic E-state index is 9.24. The predicted octanol–water partition coefficient (Wildman–Crippen LogP) is 0.352. The first-order chi connectivity index (χ1) is 4.25. The van der Waals surface area contributed by atoms with Gasteiger partial charge in [0.05, 0.1) is 6.10 Å². The average Bonchev–Trinajstić information content (AvgIpc) is 2.15. The van der Waals surface area contributed by atoms with Crippen LogP contribution >= 0.6 is 0 Å². The summed E-state index contributed by atoms with van der Waals surface area (Å²) >= 11 is 0. The Labute approximate surface area is 56.1 Å². The van der Waals surface area contributed by atoms with Gasteiger partial charge in [0.1, 0.15) is 0 Å². The maximum Gasteiger partial charge on any atom is 0.0569 e. The number of aliphatic hydroxyl groups is 1. The molecule has 1 rings (SSSR count). The molecule has 0 amide bonds. The van der Waals surface area contributed by atoms with E-state index in [9.17, 15) is 5.11 Å². The van der Waals surface area contributed by atoms with Crippen molar-refractivity contribution in [2.75, 3.05) is 6.54 Å². The Morgan fingerprint density at radius 1 is 1.56 bits per heavy atom. The van der Waals surface area contributed by atoms with Crippen LogP contribution in [0, 0.1) is 11.8 Å². The van der Waals surface area contributed by atoms with Gasteiger partial charge in [-0.15, -0.1) is 0 Å². The summed E-state index contributed by atoms with van der Waals surface area (Å²) in [5.41, 5.74) is 5.48. The summed E-state index contributed by atoms with van der Waals surface area (Å²) in [6.45, 7) is 2.81. The van der Waals surface area contributed by atoms with Crippen molar-refractivity contribution in [1.29, 1.82) is 0 Å². The molecule has 1 fully saturated rings. The Bertz CT molecular complexity index is 94.9. The minimum atomic E-state index is -0.0847. The van der Waals surface area contributed by atoms with E-state index in [2.05, 4.69) is 6.92 Å². The van der Waals surface area contributed by atoms with Gasteiger partial charge >= 0.3 is 0 Å². The maximum atomic E-state index is 9.24. The van der Waals surface area contributed by atoms with Crippen LogP contribution in [-0.2, 0) is 0 Å². The monoisotopic (exact) mass is 129 g/mol. The molecule has 1 aliphatic carbocycles. The zero-order valence-electron chi connectivity index (χ0n) is 5.88. The summed E-state index contributed by atoms with van der Waals surface area (Å²) in [7, 11) is 0. The number of nitrogens with two attached hydrogens (primary N) is 1. The Kier molecular flexibility index (Phi) is 2.09. The number of aliphatic hydroxyl groups excluding tert-OH is 1. The van der Waals surface area contributed by atoms with Crippen molar-refractivity contribution in [1.82, 2.24) is 0 Å². The minimum absolute atomic E-state index is 0.0847. The van der Waals surface area contributed by atoms with Gasteiger partial charge in [0.25, 0.3) is 0 Å². The molecular weight excluding hydrogens is 114 g/mol. The van der Waals surface area contributed by atoms with E-state index in [1.54, 1.807) is 0 Å². The lowest BCUT2D eigenvalue weighted by Crippen LogP contribution is -2.21. The van der Waals surface area contributed by atoms with Crippen LogP contribution in [0.3, 0.4) is 0 Å². The van der Waals surface area contributed by atoms with Gasteiger partial charge in [-0.05, 0) is 31.2 Å². The third-order valence-electron chi connectivity index (χ3n) is 2.49. The molecule has 0 spiro atoms. The van der Waals surface area contributed by atoms with E-state index < -0.39 is 0 Å². The highest BCUT2D eigenvalue weighted by molar-refractivity contribution is 4.81. The third-order valence-corrected chi connectivity index (χ3v) is 2.49. The molecule has 0 unspecified atom stereocenters. The molecule has 3 N–H and O–H groups in total. The molecule has 54 valence electrons. The van der Waals surface area contributed by atoms with Crippen molar-refractivity contribution in [3.05, 3.63) is 0 Å². The van der Waals surface area contributed by atoms with Gasteiger partial charge in [0.15, 0.2) is 0 Å². The summed E-state index contributed by atoms with van der Waals surface area (Å²) < 4.78 is 0. The largest absolute Gasteiger partial charge is 0.393 e. The molecule has 0 radical (unpaired) electrons. The van der Waals surface area contributed by atoms with Crippen LogP contribution < -0.4 is 5.73 Å². The fourth-order valence-electron chi connectivity index (χ4n) is 1.56. The summed E-state index contributed by atoms with van der Waals surface area (Å²) in [6.07, 6.45) is 1.97. The molecule has 9 heavy (non-hydrogen) atoms.